The molecule has 4 heterocycles. The zero-order chi connectivity index (χ0) is 26.7. The second kappa shape index (κ2) is 9.11. The highest BCUT2D eigenvalue weighted by Gasteiger charge is 2.56. The molecule has 200 valence electrons. The molecule has 0 unspecified atom stereocenters. The van der Waals surface area contributed by atoms with Crippen LogP contribution < -0.4 is 15.0 Å². The van der Waals surface area contributed by atoms with Crippen molar-refractivity contribution in [3.63, 3.8) is 0 Å². The average Bonchev–Trinajstić information content (AvgIpc) is 3.72. The Balaban J connectivity index is 1.28. The minimum absolute atomic E-state index is 0.0440. The van der Waals surface area contributed by atoms with E-state index in [1.807, 2.05) is 6.92 Å². The van der Waals surface area contributed by atoms with Crippen LogP contribution in [0, 0.1) is 5.95 Å². The monoisotopic (exact) mass is 522 g/mol. The summed E-state index contributed by atoms with van der Waals surface area (Å²) in [7, 11) is 1.41. The molecule has 10 heteroatoms. The number of phenolic OH excluding ortho intramolecular Hbond substituents is 1. The van der Waals surface area contributed by atoms with Crippen molar-refractivity contribution < 1.29 is 18.6 Å². The lowest BCUT2D eigenvalue weighted by Crippen LogP contribution is -2.73. The normalized spacial score (nSPS) is 28.7. The lowest BCUT2D eigenvalue weighted by molar-refractivity contribution is 0.0000874. The van der Waals surface area contributed by atoms with E-state index < -0.39 is 17.7 Å². The Morgan fingerprint density at radius 2 is 1.92 bits per heavy atom. The van der Waals surface area contributed by atoms with Gasteiger partial charge in [0.25, 0.3) is 0 Å². The second-order valence-electron chi connectivity index (χ2n) is 11.4. The van der Waals surface area contributed by atoms with Gasteiger partial charge < -0.3 is 20.1 Å². The standard InChI is InChI=1S/C28H32F2N6O2/c1-27-9-4-10-28(2,35-27)25(30)21(14-27)36(18-6-7-18)26-31-15-20(33-34-26)19-8-5-16(11-22(19)37)17-12-23(29)32-24(13-17)38-3/h5,8,11-13,15,18,21,25,35,37H,4,6-7,9-10,14H2,1-3H3/t21-,25-,27-,28+/m1/s1. The molecule has 0 amide bonds. The molecule has 0 spiro atoms. The van der Waals surface area contributed by atoms with E-state index >= 15 is 4.39 Å². The van der Waals surface area contributed by atoms with E-state index in [2.05, 4.69) is 37.3 Å². The van der Waals surface area contributed by atoms with Gasteiger partial charge in [0.1, 0.15) is 17.6 Å². The number of phenols is 1. The van der Waals surface area contributed by atoms with E-state index in [4.69, 9.17) is 4.74 Å². The Morgan fingerprint density at radius 3 is 2.61 bits per heavy atom. The van der Waals surface area contributed by atoms with Crippen LogP contribution in [0.5, 0.6) is 11.6 Å². The molecule has 1 aromatic carbocycles. The molecule has 2 bridgehead atoms. The van der Waals surface area contributed by atoms with Crippen molar-refractivity contribution >= 4 is 5.95 Å². The fourth-order valence-corrected chi connectivity index (χ4v) is 6.37. The summed E-state index contributed by atoms with van der Waals surface area (Å²) in [5, 5.41) is 23.1. The number of pyridine rings is 1. The molecule has 1 aliphatic carbocycles. The summed E-state index contributed by atoms with van der Waals surface area (Å²) in [6, 6.07) is 7.71. The number of halogens is 2. The Kier molecular flexibility index (Phi) is 5.97. The van der Waals surface area contributed by atoms with Crippen LogP contribution >= 0.6 is 0 Å². The van der Waals surface area contributed by atoms with Crippen LogP contribution in [0.15, 0.2) is 36.5 Å². The van der Waals surface area contributed by atoms with Gasteiger partial charge in [0.2, 0.25) is 17.8 Å². The van der Waals surface area contributed by atoms with Gasteiger partial charge in [-0.05, 0) is 75.6 Å². The molecular weight excluding hydrogens is 490 g/mol. The summed E-state index contributed by atoms with van der Waals surface area (Å²) in [5.41, 5.74) is 1.27. The third-order valence-electron chi connectivity index (χ3n) is 8.28. The molecule has 3 aliphatic rings. The van der Waals surface area contributed by atoms with Crippen LogP contribution in [0.1, 0.15) is 52.4 Å². The maximum atomic E-state index is 16.0. The number of nitrogens with one attached hydrogen (secondary N) is 1. The molecule has 1 saturated carbocycles. The number of aromatic hydroxyl groups is 1. The SMILES string of the molecule is COc1cc(-c2ccc(-c3cnc(N(C4CC4)[C@@H]4C[C@@]5(C)CCC[C@](C)(N5)[C@@H]4F)nn3)c(O)c2)cc(F)n1. The highest BCUT2D eigenvalue weighted by molar-refractivity contribution is 5.74. The second-order valence-corrected chi connectivity index (χ2v) is 11.4. The van der Waals surface area contributed by atoms with Gasteiger partial charge in [0.15, 0.2) is 0 Å². The molecule has 0 radical (unpaired) electrons. The first-order valence-corrected chi connectivity index (χ1v) is 13.1. The van der Waals surface area contributed by atoms with Crippen molar-refractivity contribution in [1.82, 2.24) is 25.5 Å². The van der Waals surface area contributed by atoms with Gasteiger partial charge in [0.05, 0.1) is 19.3 Å². The van der Waals surface area contributed by atoms with Crippen molar-refractivity contribution in [3.8, 4) is 34.0 Å². The predicted octanol–water partition coefficient (Wildman–Crippen LogP) is 4.82. The van der Waals surface area contributed by atoms with Crippen molar-refractivity contribution in [1.29, 1.82) is 0 Å². The van der Waals surface area contributed by atoms with Crippen molar-refractivity contribution in [2.45, 2.75) is 81.7 Å². The zero-order valence-corrected chi connectivity index (χ0v) is 21.8. The maximum absolute atomic E-state index is 16.0. The minimum atomic E-state index is -1.05. The summed E-state index contributed by atoms with van der Waals surface area (Å²) >= 11 is 0. The number of methoxy groups -OCH3 is 1. The zero-order valence-electron chi connectivity index (χ0n) is 21.8. The van der Waals surface area contributed by atoms with Crippen LogP contribution in [-0.4, -0.2) is 61.7 Å². The van der Waals surface area contributed by atoms with Crippen LogP contribution in [0.25, 0.3) is 22.4 Å². The first kappa shape index (κ1) is 24.9. The molecule has 38 heavy (non-hydrogen) atoms. The largest absolute Gasteiger partial charge is 0.507 e. The molecule has 6 rings (SSSR count). The molecule has 2 saturated heterocycles. The van der Waals surface area contributed by atoms with E-state index in [9.17, 15) is 9.50 Å². The topological polar surface area (TPSA) is 96.3 Å². The molecule has 2 N–H and O–H groups in total. The Bertz CT molecular complexity index is 1350. The highest BCUT2D eigenvalue weighted by atomic mass is 19.1. The lowest BCUT2D eigenvalue weighted by Gasteiger charge is -2.57. The number of hydrogen-bond acceptors (Lipinski definition) is 8. The number of anilines is 1. The third-order valence-corrected chi connectivity index (χ3v) is 8.28. The number of alkyl halides is 1. The molecule has 2 aliphatic heterocycles. The van der Waals surface area contributed by atoms with Gasteiger partial charge in [-0.3, -0.25) is 0 Å². The van der Waals surface area contributed by atoms with Gasteiger partial charge in [-0.1, -0.05) is 6.07 Å². The van der Waals surface area contributed by atoms with Crippen LogP contribution in [0.3, 0.4) is 0 Å². The van der Waals surface area contributed by atoms with E-state index in [0.717, 1.165) is 32.1 Å². The molecule has 3 fully saturated rings. The number of aromatic nitrogens is 4. The summed E-state index contributed by atoms with van der Waals surface area (Å²) < 4.78 is 34.9. The van der Waals surface area contributed by atoms with E-state index in [-0.39, 0.29) is 29.3 Å². The van der Waals surface area contributed by atoms with Gasteiger partial charge in [-0.2, -0.15) is 9.37 Å². The fourth-order valence-electron chi connectivity index (χ4n) is 6.37. The number of ether oxygens (including phenoxy) is 1. The Labute approximate surface area is 220 Å². The van der Waals surface area contributed by atoms with E-state index in [1.165, 1.54) is 19.2 Å². The van der Waals surface area contributed by atoms with E-state index in [1.54, 1.807) is 24.4 Å². The number of fused-ring (bicyclic) bond motifs is 2. The Morgan fingerprint density at radius 1 is 1.11 bits per heavy atom. The minimum Gasteiger partial charge on any atom is -0.507 e. The predicted molar refractivity (Wildman–Crippen MR) is 139 cm³/mol. The smallest absolute Gasteiger partial charge is 0.245 e. The number of nitrogens with zero attached hydrogens (tertiary/aromatic N) is 5. The first-order valence-electron chi connectivity index (χ1n) is 13.1. The van der Waals surface area contributed by atoms with Gasteiger partial charge in [0, 0.05) is 34.8 Å². The quantitative estimate of drug-likeness (QED) is 0.445. The third kappa shape index (κ3) is 4.44. The van der Waals surface area contributed by atoms with Crippen molar-refractivity contribution in [2.24, 2.45) is 0 Å². The van der Waals surface area contributed by atoms with Crippen LogP contribution in [-0.2, 0) is 0 Å². The first-order chi connectivity index (χ1) is 18.2. The van der Waals surface area contributed by atoms with E-state index in [0.29, 0.717) is 34.8 Å². The summed E-state index contributed by atoms with van der Waals surface area (Å²) in [6.45, 7) is 4.19. The Hall–Kier alpha value is -3.40. The van der Waals surface area contributed by atoms with Crippen LogP contribution in [0.4, 0.5) is 14.7 Å². The lowest BCUT2D eigenvalue weighted by atomic mass is 9.68. The van der Waals surface area contributed by atoms with Crippen LogP contribution in [0.2, 0.25) is 0 Å². The number of benzene rings is 1. The summed E-state index contributed by atoms with van der Waals surface area (Å²) in [6.07, 6.45) is 6.04. The molecule has 3 aromatic rings. The molecule has 4 atom stereocenters. The fraction of sp³-hybridized carbons (Fsp3) is 0.500. The van der Waals surface area contributed by atoms with Crippen molar-refractivity contribution in [2.75, 3.05) is 12.0 Å². The molecule has 8 nitrogen and oxygen atoms in total. The number of piperidine rings is 2. The van der Waals surface area contributed by atoms with Gasteiger partial charge >= 0.3 is 0 Å². The molecule has 2 aromatic heterocycles. The van der Waals surface area contributed by atoms with Gasteiger partial charge in [-0.25, -0.2) is 9.37 Å². The number of rotatable bonds is 6. The summed E-state index contributed by atoms with van der Waals surface area (Å²) in [5.74, 6) is -0.154. The number of hydrogen-bond donors (Lipinski definition) is 2. The summed E-state index contributed by atoms with van der Waals surface area (Å²) in [4.78, 5) is 10.3. The molecular formula is C28H32F2N6O2. The average molecular weight is 523 g/mol. The van der Waals surface area contributed by atoms with Crippen molar-refractivity contribution in [3.05, 3.63) is 42.5 Å². The van der Waals surface area contributed by atoms with Gasteiger partial charge in [-0.15, -0.1) is 10.2 Å². The highest BCUT2D eigenvalue weighted by Crippen LogP contribution is 2.46. The maximum Gasteiger partial charge on any atom is 0.245 e.